The zero-order chi connectivity index (χ0) is 14.1. The summed E-state index contributed by atoms with van der Waals surface area (Å²) in [6.45, 7) is 1.48. The largest absolute Gasteiger partial charge is 0.359 e. The fourth-order valence-corrected chi connectivity index (χ4v) is 2.79. The van der Waals surface area contributed by atoms with Crippen molar-refractivity contribution in [3.05, 3.63) is 11.5 Å². The summed E-state index contributed by atoms with van der Waals surface area (Å²) in [5, 5.41) is 10.5. The normalized spacial score (nSPS) is 19.3. The first-order valence-corrected chi connectivity index (χ1v) is 6.90. The van der Waals surface area contributed by atoms with E-state index in [4.69, 9.17) is 11.6 Å². The van der Waals surface area contributed by atoms with Crippen molar-refractivity contribution in [2.24, 2.45) is 5.92 Å². The zero-order valence-electron chi connectivity index (χ0n) is 11.1. The highest BCUT2D eigenvalue weighted by Crippen LogP contribution is 2.28. The minimum Gasteiger partial charge on any atom is -0.359 e. The Labute approximate surface area is 120 Å². The van der Waals surface area contributed by atoms with Gasteiger partial charge in [-0.1, -0.05) is 0 Å². The lowest BCUT2D eigenvalue weighted by Gasteiger charge is -2.32. The molecule has 106 valence electrons. The average molecular weight is 295 g/mol. The Bertz CT molecular complexity index is 642. The van der Waals surface area contributed by atoms with E-state index in [9.17, 15) is 4.79 Å². The van der Waals surface area contributed by atoms with Gasteiger partial charge in [0.05, 0.1) is 17.5 Å². The SMILES string of the molecule is CNC(=O)C1CCCN(c2nc(Cl)nc3[nH]ncc23)C1. The molecule has 2 aromatic rings. The summed E-state index contributed by atoms with van der Waals surface area (Å²) in [5.41, 5.74) is 0.613. The van der Waals surface area contributed by atoms with Crippen LogP contribution >= 0.6 is 11.6 Å². The van der Waals surface area contributed by atoms with Crippen molar-refractivity contribution < 1.29 is 4.79 Å². The molecule has 3 rings (SSSR count). The van der Waals surface area contributed by atoms with Crippen LogP contribution in [0.25, 0.3) is 11.0 Å². The number of anilines is 1. The van der Waals surface area contributed by atoms with Crippen LogP contribution < -0.4 is 10.2 Å². The number of fused-ring (bicyclic) bond motifs is 1. The zero-order valence-corrected chi connectivity index (χ0v) is 11.8. The maximum absolute atomic E-state index is 11.8. The van der Waals surface area contributed by atoms with Crippen molar-refractivity contribution in [3.8, 4) is 0 Å². The Hall–Kier alpha value is -1.89. The third-order valence-electron chi connectivity index (χ3n) is 3.60. The molecule has 1 atom stereocenters. The number of rotatable bonds is 2. The molecule has 2 N–H and O–H groups in total. The first-order valence-electron chi connectivity index (χ1n) is 6.52. The molecule has 1 unspecified atom stereocenters. The number of halogens is 1. The van der Waals surface area contributed by atoms with Crippen LogP contribution in [0.4, 0.5) is 5.82 Å². The first-order chi connectivity index (χ1) is 9.69. The van der Waals surface area contributed by atoms with Gasteiger partial charge in [0, 0.05) is 20.1 Å². The third kappa shape index (κ3) is 2.29. The molecule has 1 aliphatic rings. The molecule has 7 nitrogen and oxygen atoms in total. The molecule has 20 heavy (non-hydrogen) atoms. The Morgan fingerprint density at radius 3 is 3.20 bits per heavy atom. The monoisotopic (exact) mass is 294 g/mol. The van der Waals surface area contributed by atoms with Crippen molar-refractivity contribution in [3.63, 3.8) is 0 Å². The van der Waals surface area contributed by atoms with Gasteiger partial charge in [0.2, 0.25) is 11.2 Å². The van der Waals surface area contributed by atoms with E-state index in [1.165, 1.54) is 0 Å². The summed E-state index contributed by atoms with van der Waals surface area (Å²) in [6.07, 6.45) is 3.52. The summed E-state index contributed by atoms with van der Waals surface area (Å²) in [5.74, 6) is 0.782. The molecule has 3 heterocycles. The molecule has 1 aliphatic heterocycles. The van der Waals surface area contributed by atoms with Crippen molar-refractivity contribution in [1.29, 1.82) is 0 Å². The second-order valence-corrected chi connectivity index (χ2v) is 5.19. The van der Waals surface area contributed by atoms with E-state index in [0.29, 0.717) is 12.2 Å². The van der Waals surface area contributed by atoms with Gasteiger partial charge in [-0.3, -0.25) is 9.89 Å². The number of aromatic amines is 1. The molecule has 0 bridgehead atoms. The van der Waals surface area contributed by atoms with E-state index in [1.807, 2.05) is 0 Å². The number of carbonyl (C=O) groups excluding carboxylic acids is 1. The Morgan fingerprint density at radius 1 is 1.55 bits per heavy atom. The average Bonchev–Trinajstić information content (AvgIpc) is 2.93. The van der Waals surface area contributed by atoms with Gasteiger partial charge < -0.3 is 10.2 Å². The van der Waals surface area contributed by atoms with Crippen molar-refractivity contribution >= 4 is 34.4 Å². The van der Waals surface area contributed by atoms with Crippen LogP contribution in [0, 0.1) is 5.92 Å². The van der Waals surface area contributed by atoms with E-state index < -0.39 is 0 Å². The molecular weight excluding hydrogens is 280 g/mol. The number of nitrogens with one attached hydrogen (secondary N) is 2. The summed E-state index contributed by atoms with van der Waals surface area (Å²) >= 11 is 5.95. The molecular formula is C12H15ClN6O. The highest BCUT2D eigenvalue weighted by atomic mass is 35.5. The van der Waals surface area contributed by atoms with Gasteiger partial charge in [-0.15, -0.1) is 0 Å². The van der Waals surface area contributed by atoms with Crippen LogP contribution in [0.3, 0.4) is 0 Å². The van der Waals surface area contributed by atoms with Gasteiger partial charge in [-0.25, -0.2) is 0 Å². The summed E-state index contributed by atoms with van der Waals surface area (Å²) in [7, 11) is 1.66. The Balaban J connectivity index is 1.94. The number of aromatic nitrogens is 4. The number of hydrogen-bond acceptors (Lipinski definition) is 5. The first kappa shape index (κ1) is 13.1. The minimum atomic E-state index is -0.0237. The number of nitrogens with zero attached hydrogens (tertiary/aromatic N) is 4. The topological polar surface area (TPSA) is 86.8 Å². The second kappa shape index (κ2) is 5.24. The fraction of sp³-hybridized carbons (Fsp3) is 0.500. The number of amides is 1. The molecule has 0 radical (unpaired) electrons. The molecule has 0 aromatic carbocycles. The molecule has 1 amide bonds. The predicted octanol–water partition coefficient (Wildman–Crippen LogP) is 0.969. The number of carbonyl (C=O) groups is 1. The van der Waals surface area contributed by atoms with Gasteiger partial charge in [0.15, 0.2) is 5.65 Å². The maximum Gasteiger partial charge on any atom is 0.226 e. The van der Waals surface area contributed by atoms with Crippen LogP contribution in [-0.4, -0.2) is 46.2 Å². The summed E-state index contributed by atoms with van der Waals surface area (Å²) in [4.78, 5) is 22.3. The Kier molecular flexibility index (Phi) is 3.43. The van der Waals surface area contributed by atoms with Gasteiger partial charge in [0.25, 0.3) is 0 Å². The number of hydrogen-bond donors (Lipinski definition) is 2. The van der Waals surface area contributed by atoms with Crippen LogP contribution in [-0.2, 0) is 4.79 Å². The van der Waals surface area contributed by atoms with Crippen LogP contribution in [0.5, 0.6) is 0 Å². The fourth-order valence-electron chi connectivity index (χ4n) is 2.62. The molecule has 1 saturated heterocycles. The van der Waals surface area contributed by atoms with Crippen molar-refractivity contribution in [2.75, 3.05) is 25.0 Å². The summed E-state index contributed by atoms with van der Waals surface area (Å²) < 4.78 is 0. The Morgan fingerprint density at radius 2 is 2.40 bits per heavy atom. The lowest BCUT2D eigenvalue weighted by Crippen LogP contribution is -2.42. The highest BCUT2D eigenvalue weighted by molar-refractivity contribution is 6.28. The van der Waals surface area contributed by atoms with Crippen molar-refractivity contribution in [2.45, 2.75) is 12.8 Å². The summed E-state index contributed by atoms with van der Waals surface area (Å²) in [6, 6.07) is 0. The second-order valence-electron chi connectivity index (χ2n) is 4.85. The molecule has 0 aliphatic carbocycles. The van der Waals surface area contributed by atoms with E-state index in [0.717, 1.165) is 30.6 Å². The number of piperidine rings is 1. The standard InChI is InChI=1S/C12H15ClN6O/c1-14-11(20)7-3-2-4-19(6-7)10-8-5-15-18-9(8)16-12(13)17-10/h5,7H,2-4,6H2,1H3,(H,14,20)(H,15,16,17,18). The molecule has 1 fully saturated rings. The molecule has 0 spiro atoms. The molecule has 0 saturated carbocycles. The smallest absolute Gasteiger partial charge is 0.226 e. The molecule has 8 heteroatoms. The van der Waals surface area contributed by atoms with Gasteiger partial charge in [-0.05, 0) is 24.4 Å². The molecule has 2 aromatic heterocycles. The van der Waals surface area contributed by atoms with E-state index in [1.54, 1.807) is 13.2 Å². The highest BCUT2D eigenvalue weighted by Gasteiger charge is 2.27. The van der Waals surface area contributed by atoms with Crippen LogP contribution in [0.1, 0.15) is 12.8 Å². The predicted molar refractivity (Wildman–Crippen MR) is 75.7 cm³/mol. The van der Waals surface area contributed by atoms with Crippen molar-refractivity contribution in [1.82, 2.24) is 25.5 Å². The third-order valence-corrected chi connectivity index (χ3v) is 3.77. The van der Waals surface area contributed by atoms with Crippen LogP contribution in [0.15, 0.2) is 6.20 Å². The quantitative estimate of drug-likeness (QED) is 0.806. The van der Waals surface area contributed by atoms with Gasteiger partial charge in [0.1, 0.15) is 5.82 Å². The lowest BCUT2D eigenvalue weighted by atomic mass is 9.97. The van der Waals surface area contributed by atoms with Gasteiger partial charge in [-0.2, -0.15) is 15.1 Å². The number of H-pyrrole nitrogens is 1. The lowest BCUT2D eigenvalue weighted by molar-refractivity contribution is -0.124. The van der Waals surface area contributed by atoms with Crippen LogP contribution in [0.2, 0.25) is 5.28 Å². The van der Waals surface area contributed by atoms with E-state index >= 15 is 0 Å². The minimum absolute atomic E-state index is 0.0237. The van der Waals surface area contributed by atoms with Gasteiger partial charge >= 0.3 is 0 Å². The van der Waals surface area contributed by atoms with E-state index in [2.05, 4.69) is 30.4 Å². The van der Waals surface area contributed by atoms with E-state index in [-0.39, 0.29) is 17.1 Å². The maximum atomic E-state index is 11.8.